The van der Waals surface area contributed by atoms with Crippen LogP contribution in [0.1, 0.15) is 29.3 Å². The number of alkyl halides is 3. The number of halogens is 3. The van der Waals surface area contributed by atoms with Crippen LogP contribution in [0, 0.1) is 0 Å². The first-order valence-corrected chi connectivity index (χ1v) is 6.22. The first kappa shape index (κ1) is 14.3. The molecule has 4 heteroatoms. The first-order chi connectivity index (χ1) is 9.41. The fourth-order valence-corrected chi connectivity index (χ4v) is 1.93. The largest absolute Gasteiger partial charge is 0.416 e. The van der Waals surface area contributed by atoms with E-state index in [1.165, 1.54) is 12.1 Å². The third-order valence-electron chi connectivity index (χ3n) is 3.05. The zero-order valence-corrected chi connectivity index (χ0v) is 10.9. The van der Waals surface area contributed by atoms with Crippen LogP contribution in [0.25, 0.3) is 11.1 Å². The summed E-state index contributed by atoms with van der Waals surface area (Å²) >= 11 is 0. The minimum absolute atomic E-state index is 0.0127. The Bertz CT molecular complexity index is 612. The third kappa shape index (κ3) is 3.07. The summed E-state index contributed by atoms with van der Waals surface area (Å²) in [6.45, 7) is 1.77. The second-order valence-electron chi connectivity index (χ2n) is 4.43. The average Bonchev–Trinajstić information content (AvgIpc) is 2.46. The Morgan fingerprint density at radius 2 is 1.65 bits per heavy atom. The molecular formula is C16H13F3O. The van der Waals surface area contributed by atoms with Gasteiger partial charge in [-0.15, -0.1) is 0 Å². The van der Waals surface area contributed by atoms with E-state index in [1.807, 2.05) is 0 Å². The molecule has 0 atom stereocenters. The van der Waals surface area contributed by atoms with Crippen molar-refractivity contribution < 1.29 is 18.0 Å². The van der Waals surface area contributed by atoms with Crippen LogP contribution in [0.15, 0.2) is 48.5 Å². The third-order valence-corrected chi connectivity index (χ3v) is 3.05. The van der Waals surface area contributed by atoms with Crippen molar-refractivity contribution >= 4 is 5.78 Å². The van der Waals surface area contributed by atoms with Crippen LogP contribution >= 0.6 is 0 Å². The van der Waals surface area contributed by atoms with Gasteiger partial charge in [-0.2, -0.15) is 13.2 Å². The molecule has 0 aromatic heterocycles. The molecule has 2 rings (SSSR count). The molecule has 0 aliphatic heterocycles. The normalized spacial score (nSPS) is 11.4. The molecule has 0 spiro atoms. The molecule has 0 fully saturated rings. The number of benzene rings is 2. The van der Waals surface area contributed by atoms with Crippen LogP contribution < -0.4 is 0 Å². The molecule has 0 N–H and O–H groups in total. The molecule has 1 nitrogen and oxygen atoms in total. The van der Waals surface area contributed by atoms with Gasteiger partial charge in [-0.05, 0) is 29.3 Å². The lowest BCUT2D eigenvalue weighted by atomic mass is 9.99. The van der Waals surface area contributed by atoms with Gasteiger partial charge in [0.05, 0.1) is 5.56 Å². The summed E-state index contributed by atoms with van der Waals surface area (Å²) in [4.78, 5) is 11.6. The monoisotopic (exact) mass is 278 g/mol. The number of Topliss-reactive ketones (excluding diaryl/α,β-unsaturated/α-hetero) is 1. The minimum atomic E-state index is -4.33. The van der Waals surface area contributed by atoms with Crippen molar-refractivity contribution in [2.75, 3.05) is 0 Å². The molecule has 2 aromatic rings. The Kier molecular flexibility index (Phi) is 3.93. The second-order valence-corrected chi connectivity index (χ2v) is 4.43. The molecule has 0 aliphatic rings. The number of carbonyl (C=O) groups excluding carboxylic acids is 1. The summed E-state index contributed by atoms with van der Waals surface area (Å²) in [7, 11) is 0. The van der Waals surface area contributed by atoms with Gasteiger partial charge in [-0.25, -0.2) is 0 Å². The molecule has 104 valence electrons. The van der Waals surface area contributed by atoms with Crippen LogP contribution in [0.2, 0.25) is 0 Å². The lowest BCUT2D eigenvalue weighted by Gasteiger charge is -2.08. The Morgan fingerprint density at radius 1 is 1.00 bits per heavy atom. The highest BCUT2D eigenvalue weighted by atomic mass is 19.4. The minimum Gasteiger partial charge on any atom is -0.294 e. The topological polar surface area (TPSA) is 17.1 Å². The number of hydrogen-bond acceptors (Lipinski definition) is 1. The van der Waals surface area contributed by atoms with Crippen LogP contribution in [-0.4, -0.2) is 5.78 Å². The van der Waals surface area contributed by atoms with Crippen LogP contribution in [0.3, 0.4) is 0 Å². The predicted molar refractivity (Wildman–Crippen MR) is 71.5 cm³/mol. The summed E-state index contributed by atoms with van der Waals surface area (Å²) in [6, 6.07) is 11.8. The summed E-state index contributed by atoms with van der Waals surface area (Å²) in [5.74, 6) is 0.0127. The van der Waals surface area contributed by atoms with Gasteiger partial charge >= 0.3 is 6.18 Å². The molecule has 0 unspecified atom stereocenters. The highest BCUT2D eigenvalue weighted by Crippen LogP contribution is 2.31. The number of carbonyl (C=O) groups is 1. The molecule has 0 heterocycles. The van der Waals surface area contributed by atoms with Crippen molar-refractivity contribution in [1.29, 1.82) is 0 Å². The van der Waals surface area contributed by atoms with Crippen molar-refractivity contribution in [3.05, 3.63) is 59.7 Å². The fourth-order valence-electron chi connectivity index (χ4n) is 1.93. The van der Waals surface area contributed by atoms with E-state index in [9.17, 15) is 18.0 Å². The smallest absolute Gasteiger partial charge is 0.294 e. The Balaban J connectivity index is 2.35. The molecule has 0 saturated carbocycles. The Morgan fingerprint density at radius 3 is 2.20 bits per heavy atom. The maximum Gasteiger partial charge on any atom is 0.416 e. The van der Waals surface area contributed by atoms with Gasteiger partial charge in [0.25, 0.3) is 0 Å². The summed E-state index contributed by atoms with van der Waals surface area (Å²) in [5.41, 5.74) is 1.29. The predicted octanol–water partition coefficient (Wildman–Crippen LogP) is 4.97. The molecular weight excluding hydrogens is 265 g/mol. The van der Waals surface area contributed by atoms with E-state index in [-0.39, 0.29) is 5.78 Å². The van der Waals surface area contributed by atoms with Crippen molar-refractivity contribution in [3.8, 4) is 11.1 Å². The van der Waals surface area contributed by atoms with Gasteiger partial charge in [0.2, 0.25) is 0 Å². The SMILES string of the molecule is CCC(=O)c1cccc(-c2ccc(C(F)(F)F)cc2)c1. The summed E-state index contributed by atoms with van der Waals surface area (Å²) < 4.78 is 37.5. The number of ketones is 1. The lowest BCUT2D eigenvalue weighted by Crippen LogP contribution is -2.04. The van der Waals surface area contributed by atoms with E-state index in [4.69, 9.17) is 0 Å². The van der Waals surface area contributed by atoms with Crippen LogP contribution in [0.4, 0.5) is 13.2 Å². The second kappa shape index (κ2) is 5.49. The highest BCUT2D eigenvalue weighted by molar-refractivity contribution is 5.96. The summed E-state index contributed by atoms with van der Waals surface area (Å²) in [6.07, 6.45) is -3.94. The van der Waals surface area contributed by atoms with Crippen molar-refractivity contribution in [2.24, 2.45) is 0 Å². The highest BCUT2D eigenvalue weighted by Gasteiger charge is 2.29. The van der Waals surface area contributed by atoms with Crippen molar-refractivity contribution in [3.63, 3.8) is 0 Å². The molecule has 0 aliphatic carbocycles. The van der Waals surface area contributed by atoms with Gasteiger partial charge in [0.1, 0.15) is 0 Å². The standard InChI is InChI=1S/C16H13F3O/c1-2-15(20)13-5-3-4-12(10-13)11-6-8-14(9-7-11)16(17,18)19/h3-10H,2H2,1H3. The Hall–Kier alpha value is -2.10. The molecule has 20 heavy (non-hydrogen) atoms. The Labute approximate surface area is 115 Å². The van der Waals surface area contributed by atoms with E-state index in [1.54, 1.807) is 31.2 Å². The zero-order valence-electron chi connectivity index (χ0n) is 10.9. The molecule has 0 saturated heterocycles. The van der Waals surface area contributed by atoms with Gasteiger partial charge in [0, 0.05) is 12.0 Å². The van der Waals surface area contributed by atoms with E-state index >= 15 is 0 Å². The van der Waals surface area contributed by atoms with E-state index in [0.29, 0.717) is 17.5 Å². The summed E-state index contributed by atoms with van der Waals surface area (Å²) in [5, 5.41) is 0. The molecule has 2 aromatic carbocycles. The fraction of sp³-hybridized carbons (Fsp3) is 0.188. The van der Waals surface area contributed by atoms with Gasteiger partial charge in [-0.1, -0.05) is 37.3 Å². The van der Waals surface area contributed by atoms with Crippen molar-refractivity contribution in [1.82, 2.24) is 0 Å². The van der Waals surface area contributed by atoms with Gasteiger partial charge < -0.3 is 0 Å². The molecule has 0 bridgehead atoms. The average molecular weight is 278 g/mol. The maximum atomic E-state index is 12.5. The van der Waals surface area contributed by atoms with E-state index in [2.05, 4.69) is 0 Å². The molecule has 0 amide bonds. The zero-order chi connectivity index (χ0) is 14.8. The lowest BCUT2D eigenvalue weighted by molar-refractivity contribution is -0.137. The van der Waals surface area contributed by atoms with Crippen molar-refractivity contribution in [2.45, 2.75) is 19.5 Å². The van der Waals surface area contributed by atoms with Gasteiger partial charge in [0.15, 0.2) is 5.78 Å². The molecule has 0 radical (unpaired) electrons. The maximum absolute atomic E-state index is 12.5. The number of hydrogen-bond donors (Lipinski definition) is 0. The van der Waals surface area contributed by atoms with E-state index in [0.717, 1.165) is 17.7 Å². The number of rotatable bonds is 3. The van der Waals surface area contributed by atoms with Crippen LogP contribution in [-0.2, 0) is 6.18 Å². The first-order valence-electron chi connectivity index (χ1n) is 6.22. The van der Waals surface area contributed by atoms with E-state index < -0.39 is 11.7 Å². The van der Waals surface area contributed by atoms with Gasteiger partial charge in [-0.3, -0.25) is 4.79 Å². The van der Waals surface area contributed by atoms with Crippen LogP contribution in [0.5, 0.6) is 0 Å². The quantitative estimate of drug-likeness (QED) is 0.725.